The highest BCUT2D eigenvalue weighted by atomic mass is 35.5. The van der Waals surface area contributed by atoms with E-state index in [1.165, 1.54) is 5.56 Å². The van der Waals surface area contributed by atoms with Crippen LogP contribution in [0.2, 0.25) is 5.02 Å². The summed E-state index contributed by atoms with van der Waals surface area (Å²) in [5.74, 6) is 0. The molecule has 0 atom stereocenters. The number of sulfonamides is 1. The van der Waals surface area contributed by atoms with E-state index in [1.54, 1.807) is 24.3 Å². The van der Waals surface area contributed by atoms with Crippen LogP contribution in [0.25, 0.3) is 0 Å². The molecule has 0 heterocycles. The fourth-order valence-electron chi connectivity index (χ4n) is 2.58. The van der Waals surface area contributed by atoms with Crippen LogP contribution in [-0.2, 0) is 29.4 Å². The molecule has 0 unspecified atom stereocenters. The van der Waals surface area contributed by atoms with Crippen molar-refractivity contribution in [3.05, 3.63) is 64.2 Å². The largest absolute Gasteiger partial charge is 0.240 e. The van der Waals surface area contributed by atoms with Gasteiger partial charge in [0.15, 0.2) is 0 Å². The van der Waals surface area contributed by atoms with E-state index in [2.05, 4.69) is 4.72 Å². The third-order valence-corrected chi connectivity index (χ3v) is 5.41. The smallest absolute Gasteiger partial charge is 0.207 e. The van der Waals surface area contributed by atoms with Gasteiger partial charge in [-0.15, -0.1) is 0 Å². The minimum absolute atomic E-state index is 0.261. The van der Waals surface area contributed by atoms with E-state index < -0.39 is 10.0 Å². The van der Waals surface area contributed by atoms with Crippen molar-refractivity contribution in [2.75, 3.05) is 0 Å². The summed E-state index contributed by atoms with van der Waals surface area (Å²) in [6, 6.07) is 12.5. The monoisotopic (exact) mass is 321 g/mol. The molecule has 3 rings (SSSR count). The van der Waals surface area contributed by atoms with Crippen molar-refractivity contribution in [3.63, 3.8) is 0 Å². The molecule has 3 nitrogen and oxygen atoms in total. The number of benzene rings is 2. The van der Waals surface area contributed by atoms with Gasteiger partial charge in [0.05, 0.1) is 4.90 Å². The first-order valence-corrected chi connectivity index (χ1v) is 8.77. The molecular formula is C16H16ClNO2S. The molecule has 1 N–H and O–H groups in total. The summed E-state index contributed by atoms with van der Waals surface area (Å²) in [4.78, 5) is 0.345. The maximum absolute atomic E-state index is 12.3. The van der Waals surface area contributed by atoms with Crippen molar-refractivity contribution < 1.29 is 8.42 Å². The zero-order valence-corrected chi connectivity index (χ0v) is 13.0. The standard InChI is InChI=1S/C16H16ClNO2S/c17-15-7-4-12(5-8-15)11-18-21(19,20)16-9-6-13-2-1-3-14(13)10-16/h4-10,18H,1-3,11H2. The zero-order valence-electron chi connectivity index (χ0n) is 11.5. The third-order valence-electron chi connectivity index (χ3n) is 3.76. The SMILES string of the molecule is O=S(=O)(NCc1ccc(Cl)cc1)c1ccc2c(c1)CCC2. The van der Waals surface area contributed by atoms with Crippen molar-refractivity contribution in [1.29, 1.82) is 0 Å². The van der Waals surface area contributed by atoms with Crippen molar-refractivity contribution in [2.45, 2.75) is 30.7 Å². The summed E-state index contributed by atoms with van der Waals surface area (Å²) in [5, 5.41) is 0.639. The van der Waals surface area contributed by atoms with Gasteiger partial charge >= 0.3 is 0 Å². The first kappa shape index (κ1) is 14.6. The Balaban J connectivity index is 1.76. The molecule has 0 fully saturated rings. The van der Waals surface area contributed by atoms with E-state index >= 15 is 0 Å². The van der Waals surface area contributed by atoms with Crippen molar-refractivity contribution in [3.8, 4) is 0 Å². The molecule has 110 valence electrons. The number of hydrogen-bond acceptors (Lipinski definition) is 2. The molecule has 0 amide bonds. The maximum Gasteiger partial charge on any atom is 0.240 e. The van der Waals surface area contributed by atoms with E-state index in [1.807, 2.05) is 18.2 Å². The normalized spacial score (nSPS) is 14.1. The van der Waals surface area contributed by atoms with E-state index in [-0.39, 0.29) is 6.54 Å². The van der Waals surface area contributed by atoms with Crippen LogP contribution in [0, 0.1) is 0 Å². The average molecular weight is 322 g/mol. The lowest BCUT2D eigenvalue weighted by Gasteiger charge is -2.09. The Bertz CT molecular complexity index is 754. The number of nitrogens with one attached hydrogen (secondary N) is 1. The Morgan fingerprint density at radius 2 is 1.71 bits per heavy atom. The summed E-state index contributed by atoms with van der Waals surface area (Å²) >= 11 is 5.81. The van der Waals surface area contributed by atoms with Gasteiger partial charge in [0.25, 0.3) is 0 Å². The molecule has 0 spiro atoms. The second-order valence-corrected chi connectivity index (χ2v) is 7.44. The Kier molecular flexibility index (Phi) is 4.02. The summed E-state index contributed by atoms with van der Waals surface area (Å²) < 4.78 is 27.3. The summed E-state index contributed by atoms with van der Waals surface area (Å²) in [7, 11) is -3.47. The first-order chi connectivity index (χ1) is 10.0. The molecule has 1 aliphatic rings. The number of hydrogen-bond donors (Lipinski definition) is 1. The summed E-state index contributed by atoms with van der Waals surface area (Å²) in [6.45, 7) is 0.261. The second kappa shape index (κ2) is 5.79. The van der Waals surface area contributed by atoms with E-state index in [4.69, 9.17) is 11.6 Å². The molecule has 0 aromatic heterocycles. The van der Waals surface area contributed by atoms with Crippen molar-refractivity contribution >= 4 is 21.6 Å². The molecular weight excluding hydrogens is 306 g/mol. The molecule has 2 aromatic rings. The van der Waals surface area contributed by atoms with Crippen LogP contribution < -0.4 is 4.72 Å². The quantitative estimate of drug-likeness (QED) is 0.939. The lowest BCUT2D eigenvalue weighted by molar-refractivity contribution is 0.581. The third kappa shape index (κ3) is 3.28. The molecule has 21 heavy (non-hydrogen) atoms. The predicted molar refractivity (Wildman–Crippen MR) is 83.9 cm³/mol. The van der Waals surface area contributed by atoms with Crippen molar-refractivity contribution in [1.82, 2.24) is 4.72 Å². The zero-order chi connectivity index (χ0) is 14.9. The highest BCUT2D eigenvalue weighted by Crippen LogP contribution is 2.24. The number of rotatable bonds is 4. The van der Waals surface area contributed by atoms with Gasteiger partial charge in [-0.25, -0.2) is 13.1 Å². The van der Waals surface area contributed by atoms with Crippen LogP contribution in [0.3, 0.4) is 0 Å². The fraction of sp³-hybridized carbons (Fsp3) is 0.250. The van der Waals surface area contributed by atoms with Crippen LogP contribution in [-0.4, -0.2) is 8.42 Å². The Hall–Kier alpha value is -1.36. The van der Waals surface area contributed by atoms with Crippen LogP contribution >= 0.6 is 11.6 Å². The molecule has 0 radical (unpaired) electrons. The van der Waals surface area contributed by atoms with Crippen LogP contribution in [0.5, 0.6) is 0 Å². The summed E-state index contributed by atoms with van der Waals surface area (Å²) in [5.41, 5.74) is 3.31. The van der Waals surface area contributed by atoms with Crippen molar-refractivity contribution in [2.24, 2.45) is 0 Å². The second-order valence-electron chi connectivity index (χ2n) is 5.24. The number of fused-ring (bicyclic) bond motifs is 1. The lowest BCUT2D eigenvalue weighted by Crippen LogP contribution is -2.23. The first-order valence-electron chi connectivity index (χ1n) is 6.90. The summed E-state index contributed by atoms with van der Waals surface area (Å²) in [6.07, 6.45) is 3.13. The maximum atomic E-state index is 12.3. The van der Waals surface area contributed by atoms with E-state index in [9.17, 15) is 8.42 Å². The average Bonchev–Trinajstić information content (AvgIpc) is 2.94. The highest BCUT2D eigenvalue weighted by molar-refractivity contribution is 7.89. The van der Waals surface area contributed by atoms with Gasteiger partial charge in [0, 0.05) is 11.6 Å². The molecule has 0 saturated carbocycles. The van der Waals surface area contributed by atoms with E-state index in [0.29, 0.717) is 9.92 Å². The Labute approximate surface area is 130 Å². The van der Waals surface area contributed by atoms with Gasteiger partial charge in [0.1, 0.15) is 0 Å². The number of aryl methyl sites for hydroxylation is 2. The van der Waals surface area contributed by atoms with Gasteiger partial charge in [-0.3, -0.25) is 0 Å². The van der Waals surface area contributed by atoms with E-state index in [0.717, 1.165) is 30.4 Å². The van der Waals surface area contributed by atoms with Gasteiger partial charge in [-0.05, 0) is 60.2 Å². The lowest BCUT2D eigenvalue weighted by atomic mass is 10.1. The molecule has 2 aromatic carbocycles. The minimum atomic E-state index is -3.47. The van der Waals surface area contributed by atoms with Gasteiger partial charge in [-0.1, -0.05) is 29.8 Å². The predicted octanol–water partition coefficient (Wildman–Crippen LogP) is 3.31. The van der Waals surface area contributed by atoms with Gasteiger partial charge in [-0.2, -0.15) is 0 Å². The minimum Gasteiger partial charge on any atom is -0.207 e. The van der Waals surface area contributed by atoms with Crippen LogP contribution in [0.4, 0.5) is 0 Å². The molecule has 5 heteroatoms. The fourth-order valence-corrected chi connectivity index (χ4v) is 3.77. The van der Waals surface area contributed by atoms with Gasteiger partial charge in [0.2, 0.25) is 10.0 Å². The topological polar surface area (TPSA) is 46.2 Å². The highest BCUT2D eigenvalue weighted by Gasteiger charge is 2.18. The molecule has 0 bridgehead atoms. The van der Waals surface area contributed by atoms with Gasteiger partial charge < -0.3 is 0 Å². The Morgan fingerprint density at radius 1 is 1.00 bits per heavy atom. The molecule has 0 saturated heterocycles. The number of halogens is 1. The molecule has 0 aliphatic heterocycles. The van der Waals surface area contributed by atoms with Crippen LogP contribution in [0.15, 0.2) is 47.4 Å². The molecule has 1 aliphatic carbocycles. The Morgan fingerprint density at radius 3 is 2.48 bits per heavy atom. The van der Waals surface area contributed by atoms with Crippen LogP contribution in [0.1, 0.15) is 23.1 Å².